The molecule has 3 atom stereocenters. The van der Waals surface area contributed by atoms with Crippen molar-refractivity contribution in [2.75, 3.05) is 13.2 Å². The van der Waals surface area contributed by atoms with E-state index in [0.717, 1.165) is 42.6 Å². The molecular formula is C25H34N4O4S. The zero-order chi connectivity index (χ0) is 24.4. The molecular weight excluding hydrogens is 452 g/mol. The molecule has 1 aliphatic carbocycles. The first-order valence-corrected chi connectivity index (χ1v) is 12.8. The highest BCUT2D eigenvalue weighted by Gasteiger charge is 2.49. The van der Waals surface area contributed by atoms with Crippen LogP contribution in [-0.2, 0) is 14.3 Å². The van der Waals surface area contributed by atoms with E-state index in [1.54, 1.807) is 30.9 Å². The number of fused-ring (bicyclic) bond motifs is 1. The van der Waals surface area contributed by atoms with Gasteiger partial charge < -0.3 is 26.4 Å². The Morgan fingerprint density at radius 2 is 1.85 bits per heavy atom. The zero-order valence-corrected chi connectivity index (χ0v) is 20.7. The SMILES string of the molecule is C/C(N)=C/C(=C(/C)N)c1ccc(C(=O)NC(C(=O)N2CC[C@H]3OCC(=O)[C@H]32)C2CCCCC2)s1. The van der Waals surface area contributed by atoms with Gasteiger partial charge in [-0.1, -0.05) is 19.3 Å². The number of ether oxygens (including phenoxy) is 1. The summed E-state index contributed by atoms with van der Waals surface area (Å²) < 4.78 is 5.56. The number of thiophene rings is 1. The Hall–Kier alpha value is -2.65. The molecule has 0 aromatic carbocycles. The first kappa shape index (κ1) is 24.5. The maximum Gasteiger partial charge on any atom is 0.262 e. The van der Waals surface area contributed by atoms with Crippen molar-refractivity contribution in [2.45, 2.75) is 70.6 Å². The van der Waals surface area contributed by atoms with Crippen LogP contribution in [-0.4, -0.2) is 53.8 Å². The lowest BCUT2D eigenvalue weighted by molar-refractivity contribution is -0.139. The molecule has 1 unspecified atom stereocenters. The van der Waals surface area contributed by atoms with Gasteiger partial charge in [-0.2, -0.15) is 0 Å². The molecule has 5 N–H and O–H groups in total. The molecule has 3 fully saturated rings. The normalized spacial score (nSPS) is 25.2. The van der Waals surface area contributed by atoms with E-state index < -0.39 is 12.1 Å². The summed E-state index contributed by atoms with van der Waals surface area (Å²) in [6, 6.07) is 2.43. The smallest absolute Gasteiger partial charge is 0.262 e. The molecule has 0 spiro atoms. The Bertz CT molecular complexity index is 1020. The maximum absolute atomic E-state index is 13.7. The molecule has 1 aromatic heterocycles. The van der Waals surface area contributed by atoms with Gasteiger partial charge in [0.1, 0.15) is 18.7 Å². The van der Waals surface area contributed by atoms with Gasteiger partial charge in [0.05, 0.1) is 11.0 Å². The Kier molecular flexibility index (Phi) is 7.42. The number of hydrogen-bond donors (Lipinski definition) is 3. The largest absolute Gasteiger partial charge is 0.402 e. The van der Waals surface area contributed by atoms with E-state index in [1.807, 2.05) is 6.07 Å². The molecule has 34 heavy (non-hydrogen) atoms. The maximum atomic E-state index is 13.7. The second-order valence-electron chi connectivity index (χ2n) is 9.58. The van der Waals surface area contributed by atoms with Crippen molar-refractivity contribution in [3.8, 4) is 0 Å². The number of carbonyl (C=O) groups is 3. The van der Waals surface area contributed by atoms with E-state index in [2.05, 4.69) is 5.32 Å². The predicted molar refractivity (Wildman–Crippen MR) is 132 cm³/mol. The van der Waals surface area contributed by atoms with Crippen LogP contribution < -0.4 is 16.8 Å². The molecule has 0 bridgehead atoms. The number of ketones is 1. The van der Waals surface area contributed by atoms with E-state index in [4.69, 9.17) is 16.2 Å². The van der Waals surface area contributed by atoms with Crippen LogP contribution in [0.15, 0.2) is 29.6 Å². The third-order valence-corrected chi connectivity index (χ3v) is 8.08. The Morgan fingerprint density at radius 1 is 1.15 bits per heavy atom. The van der Waals surface area contributed by atoms with Gasteiger partial charge in [0.2, 0.25) is 5.91 Å². The van der Waals surface area contributed by atoms with Crippen LogP contribution in [0, 0.1) is 5.92 Å². The van der Waals surface area contributed by atoms with Crippen molar-refractivity contribution in [2.24, 2.45) is 17.4 Å². The number of amides is 2. The summed E-state index contributed by atoms with van der Waals surface area (Å²) in [6.45, 7) is 4.12. The second kappa shape index (κ2) is 10.3. The summed E-state index contributed by atoms with van der Waals surface area (Å²) in [5, 5.41) is 3.04. The van der Waals surface area contributed by atoms with Gasteiger partial charge in [0.15, 0.2) is 5.78 Å². The third-order valence-electron chi connectivity index (χ3n) is 6.96. The van der Waals surface area contributed by atoms with E-state index in [-0.39, 0.29) is 36.2 Å². The molecule has 1 saturated carbocycles. The minimum absolute atomic E-state index is 0.0489. The number of allylic oxidation sites excluding steroid dienone is 4. The minimum atomic E-state index is -0.650. The van der Waals surface area contributed by atoms with Crippen LogP contribution in [0.3, 0.4) is 0 Å². The summed E-state index contributed by atoms with van der Waals surface area (Å²) >= 11 is 1.32. The summed E-state index contributed by atoms with van der Waals surface area (Å²) in [5.41, 5.74) is 13.9. The molecule has 2 amide bonds. The monoisotopic (exact) mass is 486 g/mol. The van der Waals surface area contributed by atoms with Gasteiger partial charge in [0.25, 0.3) is 5.91 Å². The highest BCUT2D eigenvalue weighted by Crippen LogP contribution is 2.33. The van der Waals surface area contributed by atoms with Crippen molar-refractivity contribution in [1.82, 2.24) is 10.2 Å². The highest BCUT2D eigenvalue weighted by atomic mass is 32.1. The Morgan fingerprint density at radius 3 is 2.53 bits per heavy atom. The van der Waals surface area contributed by atoms with E-state index >= 15 is 0 Å². The first-order chi connectivity index (χ1) is 16.3. The average molecular weight is 487 g/mol. The fourth-order valence-electron chi connectivity index (χ4n) is 5.29. The number of Topliss-reactive ketones (excluding diaryl/α,β-unsaturated/α-hetero) is 1. The van der Waals surface area contributed by atoms with Gasteiger partial charge in [0, 0.05) is 28.4 Å². The Balaban J connectivity index is 1.55. The summed E-state index contributed by atoms with van der Waals surface area (Å²) in [5.74, 6) is -0.436. The quantitative estimate of drug-likeness (QED) is 0.530. The molecule has 184 valence electrons. The summed E-state index contributed by atoms with van der Waals surface area (Å²) in [7, 11) is 0. The van der Waals surface area contributed by atoms with Crippen LogP contribution in [0.25, 0.3) is 5.57 Å². The van der Waals surface area contributed by atoms with Crippen molar-refractivity contribution in [1.29, 1.82) is 0 Å². The number of rotatable bonds is 6. The average Bonchev–Trinajstić information content (AvgIpc) is 3.54. The lowest BCUT2D eigenvalue weighted by atomic mass is 9.83. The second-order valence-corrected chi connectivity index (χ2v) is 10.7. The van der Waals surface area contributed by atoms with Crippen LogP contribution in [0.2, 0.25) is 0 Å². The molecule has 2 aliphatic heterocycles. The molecule has 0 radical (unpaired) electrons. The minimum Gasteiger partial charge on any atom is -0.402 e. The Labute approximate surface area is 204 Å². The number of carbonyl (C=O) groups excluding carboxylic acids is 3. The number of nitrogens with two attached hydrogens (primary N) is 2. The van der Waals surface area contributed by atoms with Crippen molar-refractivity contribution in [3.05, 3.63) is 39.4 Å². The third kappa shape index (κ3) is 5.05. The highest BCUT2D eigenvalue weighted by molar-refractivity contribution is 7.15. The molecule has 9 heteroatoms. The van der Waals surface area contributed by atoms with Crippen molar-refractivity contribution >= 4 is 34.5 Å². The molecule has 3 heterocycles. The number of nitrogens with one attached hydrogen (secondary N) is 1. The molecule has 2 saturated heterocycles. The van der Waals surface area contributed by atoms with Crippen LogP contribution in [0.5, 0.6) is 0 Å². The number of nitrogens with zero attached hydrogens (tertiary/aromatic N) is 1. The van der Waals surface area contributed by atoms with E-state index in [0.29, 0.717) is 29.2 Å². The van der Waals surface area contributed by atoms with Gasteiger partial charge in [-0.05, 0) is 57.2 Å². The lowest BCUT2D eigenvalue weighted by Gasteiger charge is -2.34. The van der Waals surface area contributed by atoms with Gasteiger partial charge >= 0.3 is 0 Å². The molecule has 4 rings (SSSR count). The number of hydrogen-bond acceptors (Lipinski definition) is 7. The van der Waals surface area contributed by atoms with E-state index in [1.165, 1.54) is 11.3 Å². The standard InChI is InChI=1S/C25H34N4O4S/c1-14(26)12-17(15(2)27)20-8-9-21(34-20)24(31)28-22(16-6-4-3-5-7-16)25(32)29-11-10-19-23(29)18(30)13-33-19/h8-9,12,16,19,22-23H,3-7,10-11,13,26-27H2,1-2H3,(H,28,31)/b14-12-,17-15+/t19-,22?,23-/m1/s1. The number of likely N-dealkylation sites (tertiary alicyclic amines) is 1. The van der Waals surface area contributed by atoms with Gasteiger partial charge in [-0.3, -0.25) is 14.4 Å². The van der Waals surface area contributed by atoms with E-state index in [9.17, 15) is 14.4 Å². The van der Waals surface area contributed by atoms with Crippen molar-refractivity contribution in [3.63, 3.8) is 0 Å². The molecule has 8 nitrogen and oxygen atoms in total. The van der Waals surface area contributed by atoms with Gasteiger partial charge in [-0.15, -0.1) is 11.3 Å². The van der Waals surface area contributed by atoms with Crippen LogP contribution in [0.1, 0.15) is 66.9 Å². The molecule has 1 aromatic rings. The summed E-state index contributed by atoms with van der Waals surface area (Å²) in [6.07, 6.45) is 7.22. The zero-order valence-electron chi connectivity index (χ0n) is 19.8. The molecule has 3 aliphatic rings. The van der Waals surface area contributed by atoms with Gasteiger partial charge in [-0.25, -0.2) is 0 Å². The summed E-state index contributed by atoms with van der Waals surface area (Å²) in [4.78, 5) is 42.3. The van der Waals surface area contributed by atoms with Crippen LogP contribution >= 0.6 is 11.3 Å². The fourth-order valence-corrected chi connectivity index (χ4v) is 6.28. The lowest BCUT2D eigenvalue weighted by Crippen LogP contribution is -2.55. The fraction of sp³-hybridized carbons (Fsp3) is 0.560. The predicted octanol–water partition coefficient (Wildman–Crippen LogP) is 2.55. The van der Waals surface area contributed by atoms with Crippen molar-refractivity contribution < 1.29 is 19.1 Å². The topological polar surface area (TPSA) is 128 Å². The van der Waals surface area contributed by atoms with Crippen LogP contribution in [0.4, 0.5) is 0 Å². The first-order valence-electron chi connectivity index (χ1n) is 12.0.